The number of anilines is 1. The molecule has 4 rings (SSSR count). The highest BCUT2D eigenvalue weighted by Crippen LogP contribution is 2.47. The minimum absolute atomic E-state index is 0.280. The van der Waals surface area contributed by atoms with Gasteiger partial charge in [0.15, 0.2) is 17.7 Å². The Balaban J connectivity index is 1.84. The van der Waals surface area contributed by atoms with E-state index in [2.05, 4.69) is 15.0 Å². The molecule has 0 amide bonds. The Morgan fingerprint density at radius 1 is 1.41 bits per heavy atom. The van der Waals surface area contributed by atoms with Gasteiger partial charge in [-0.2, -0.15) is 0 Å². The van der Waals surface area contributed by atoms with E-state index in [9.17, 15) is 10.2 Å². The molecular formula is C13H17N5O4. The largest absolute Gasteiger partial charge is 0.394 e. The summed E-state index contributed by atoms with van der Waals surface area (Å²) in [6.07, 6.45) is 2.11. The van der Waals surface area contributed by atoms with E-state index in [4.69, 9.17) is 15.2 Å². The second-order valence-corrected chi connectivity index (χ2v) is 5.64. The summed E-state index contributed by atoms with van der Waals surface area (Å²) in [7, 11) is 0. The molecule has 4 heterocycles. The van der Waals surface area contributed by atoms with Crippen LogP contribution in [0, 0.1) is 0 Å². The van der Waals surface area contributed by atoms with Gasteiger partial charge in [-0.05, 0) is 12.8 Å². The number of aromatic nitrogens is 4. The van der Waals surface area contributed by atoms with Gasteiger partial charge >= 0.3 is 0 Å². The van der Waals surface area contributed by atoms with Crippen LogP contribution in [0.15, 0.2) is 12.7 Å². The molecule has 2 aromatic heterocycles. The number of hydrogen-bond acceptors (Lipinski definition) is 8. The van der Waals surface area contributed by atoms with Crippen LogP contribution in [-0.2, 0) is 9.47 Å². The van der Waals surface area contributed by atoms with Crippen molar-refractivity contribution >= 4 is 17.0 Å². The van der Waals surface area contributed by atoms with E-state index < -0.39 is 24.0 Å². The second-order valence-electron chi connectivity index (χ2n) is 5.64. The standard InChI is InChI=1S/C13H17N5O4/c14-10-8-11(16-5-15-10)18(6-17-8)12-13(2-1-3-21-13)9(20)7(4-19)22-12/h5-7,9,12,19-20H,1-4H2,(H2,14,15,16). The highest BCUT2D eigenvalue weighted by Gasteiger charge is 2.59. The smallest absolute Gasteiger partial charge is 0.168 e. The summed E-state index contributed by atoms with van der Waals surface area (Å²) in [6, 6.07) is 0. The van der Waals surface area contributed by atoms with Gasteiger partial charge in [0.1, 0.15) is 29.7 Å². The Morgan fingerprint density at radius 2 is 2.27 bits per heavy atom. The minimum Gasteiger partial charge on any atom is -0.394 e. The number of fused-ring (bicyclic) bond motifs is 1. The molecule has 0 aromatic carbocycles. The number of imidazole rings is 1. The predicted octanol–water partition coefficient (Wildman–Crippen LogP) is -0.792. The van der Waals surface area contributed by atoms with Crippen molar-refractivity contribution in [1.29, 1.82) is 0 Å². The Morgan fingerprint density at radius 3 is 3.00 bits per heavy atom. The summed E-state index contributed by atoms with van der Waals surface area (Å²) in [5, 5.41) is 20.0. The van der Waals surface area contributed by atoms with Crippen molar-refractivity contribution in [3.8, 4) is 0 Å². The molecule has 9 nitrogen and oxygen atoms in total. The third kappa shape index (κ3) is 1.70. The van der Waals surface area contributed by atoms with E-state index in [1.165, 1.54) is 6.33 Å². The SMILES string of the molecule is Nc1ncnc2c1ncn2C1OC(CO)C(O)C12CCCO2. The third-order valence-corrected chi connectivity index (χ3v) is 4.48. The van der Waals surface area contributed by atoms with Crippen molar-refractivity contribution in [3.63, 3.8) is 0 Å². The number of nitrogens with zero attached hydrogens (tertiary/aromatic N) is 4. The van der Waals surface area contributed by atoms with E-state index in [1.54, 1.807) is 10.9 Å². The van der Waals surface area contributed by atoms with Crippen LogP contribution in [0.3, 0.4) is 0 Å². The van der Waals surface area contributed by atoms with Crippen LogP contribution in [0.1, 0.15) is 19.1 Å². The van der Waals surface area contributed by atoms with Crippen LogP contribution in [-0.4, -0.2) is 60.8 Å². The average molecular weight is 307 g/mol. The average Bonchev–Trinajstić information content (AvgIpc) is 3.21. The van der Waals surface area contributed by atoms with Crippen molar-refractivity contribution in [3.05, 3.63) is 12.7 Å². The normalized spacial score (nSPS) is 34.9. The lowest BCUT2D eigenvalue weighted by atomic mass is 9.91. The summed E-state index contributed by atoms with van der Waals surface area (Å²) < 4.78 is 13.4. The number of rotatable bonds is 2. The first-order valence-electron chi connectivity index (χ1n) is 7.19. The molecule has 0 radical (unpaired) electrons. The molecule has 4 N–H and O–H groups in total. The topological polar surface area (TPSA) is 129 Å². The van der Waals surface area contributed by atoms with Gasteiger partial charge in [0, 0.05) is 6.61 Å². The van der Waals surface area contributed by atoms with Crippen LogP contribution in [0.25, 0.3) is 11.2 Å². The van der Waals surface area contributed by atoms with Gasteiger partial charge in [-0.15, -0.1) is 0 Å². The molecular weight excluding hydrogens is 290 g/mol. The third-order valence-electron chi connectivity index (χ3n) is 4.48. The molecule has 0 bridgehead atoms. The van der Waals surface area contributed by atoms with Crippen LogP contribution < -0.4 is 5.73 Å². The molecule has 2 aliphatic heterocycles. The van der Waals surface area contributed by atoms with Gasteiger partial charge in [-0.3, -0.25) is 4.57 Å². The van der Waals surface area contributed by atoms with Crippen LogP contribution >= 0.6 is 0 Å². The van der Waals surface area contributed by atoms with E-state index >= 15 is 0 Å². The summed E-state index contributed by atoms with van der Waals surface area (Å²) in [6.45, 7) is 0.255. The van der Waals surface area contributed by atoms with Gasteiger partial charge in [0.2, 0.25) is 0 Å². The van der Waals surface area contributed by atoms with E-state index in [-0.39, 0.29) is 12.4 Å². The van der Waals surface area contributed by atoms with Crippen molar-refractivity contribution < 1.29 is 19.7 Å². The molecule has 2 aliphatic rings. The second kappa shape index (κ2) is 4.85. The van der Waals surface area contributed by atoms with Gasteiger partial charge in [-0.25, -0.2) is 15.0 Å². The first-order chi connectivity index (χ1) is 10.7. The molecule has 1 spiro atoms. The zero-order valence-electron chi connectivity index (χ0n) is 11.8. The molecule has 118 valence electrons. The Bertz CT molecular complexity index is 699. The molecule has 2 fully saturated rings. The van der Waals surface area contributed by atoms with Crippen LogP contribution in [0.4, 0.5) is 5.82 Å². The lowest BCUT2D eigenvalue weighted by Crippen LogP contribution is -2.46. The molecule has 9 heteroatoms. The zero-order chi connectivity index (χ0) is 15.3. The van der Waals surface area contributed by atoms with Crippen molar-refractivity contribution in [1.82, 2.24) is 19.5 Å². The molecule has 22 heavy (non-hydrogen) atoms. The highest BCUT2D eigenvalue weighted by atomic mass is 16.6. The predicted molar refractivity (Wildman–Crippen MR) is 74.7 cm³/mol. The van der Waals surface area contributed by atoms with E-state index in [1.807, 2.05) is 0 Å². The Labute approximate surface area is 125 Å². The first-order valence-corrected chi connectivity index (χ1v) is 7.19. The minimum atomic E-state index is -0.915. The maximum atomic E-state index is 10.5. The molecule has 2 aromatic rings. The van der Waals surface area contributed by atoms with Crippen molar-refractivity contribution in [2.75, 3.05) is 18.9 Å². The van der Waals surface area contributed by atoms with Crippen molar-refractivity contribution in [2.24, 2.45) is 0 Å². The van der Waals surface area contributed by atoms with Crippen molar-refractivity contribution in [2.45, 2.75) is 36.9 Å². The summed E-state index contributed by atoms with van der Waals surface area (Å²) in [4.78, 5) is 12.3. The van der Waals surface area contributed by atoms with Gasteiger partial charge in [0.25, 0.3) is 0 Å². The fraction of sp³-hybridized carbons (Fsp3) is 0.615. The van der Waals surface area contributed by atoms with E-state index in [0.29, 0.717) is 24.2 Å². The van der Waals surface area contributed by atoms with Crippen LogP contribution in [0.2, 0.25) is 0 Å². The quantitative estimate of drug-likeness (QED) is 0.658. The maximum Gasteiger partial charge on any atom is 0.168 e. The van der Waals surface area contributed by atoms with Gasteiger partial charge in [0.05, 0.1) is 12.9 Å². The Kier molecular flexibility index (Phi) is 3.05. The van der Waals surface area contributed by atoms with Gasteiger partial charge in [-0.1, -0.05) is 0 Å². The lowest BCUT2D eigenvalue weighted by molar-refractivity contribution is -0.119. The summed E-state index contributed by atoms with van der Waals surface area (Å²) in [5.41, 5.74) is 5.89. The lowest BCUT2D eigenvalue weighted by Gasteiger charge is -2.31. The van der Waals surface area contributed by atoms with Crippen LogP contribution in [0.5, 0.6) is 0 Å². The zero-order valence-corrected chi connectivity index (χ0v) is 11.8. The summed E-state index contributed by atoms with van der Waals surface area (Å²) in [5.74, 6) is 0.280. The molecule has 4 atom stereocenters. The molecule has 4 unspecified atom stereocenters. The fourth-order valence-corrected chi connectivity index (χ4v) is 3.41. The highest BCUT2D eigenvalue weighted by molar-refractivity contribution is 5.81. The number of aliphatic hydroxyl groups is 2. The monoisotopic (exact) mass is 307 g/mol. The number of ether oxygens (including phenoxy) is 2. The molecule has 0 aliphatic carbocycles. The number of nitrogen functional groups attached to an aromatic ring is 1. The number of nitrogens with two attached hydrogens (primary N) is 1. The molecule has 0 saturated carbocycles. The first kappa shape index (κ1) is 13.8. The summed E-state index contributed by atoms with van der Waals surface area (Å²) >= 11 is 0. The fourth-order valence-electron chi connectivity index (χ4n) is 3.41. The number of hydrogen-bond donors (Lipinski definition) is 3. The molecule has 2 saturated heterocycles. The van der Waals surface area contributed by atoms with E-state index in [0.717, 1.165) is 6.42 Å². The van der Waals surface area contributed by atoms with Gasteiger partial charge < -0.3 is 25.4 Å². The maximum absolute atomic E-state index is 10.5. The number of aliphatic hydroxyl groups excluding tert-OH is 2. The Hall–Kier alpha value is -1.81.